The third kappa shape index (κ3) is 11.3. The van der Waals surface area contributed by atoms with Gasteiger partial charge in [-0.15, -0.1) is 0 Å². The van der Waals surface area contributed by atoms with E-state index in [1.807, 2.05) is 73.7 Å². The highest BCUT2D eigenvalue weighted by Crippen LogP contribution is 2.13. The first kappa shape index (κ1) is 22.7. The molecule has 0 rings (SSSR count). The second-order valence-corrected chi connectivity index (χ2v) is 3.10. The minimum Gasteiger partial charge on any atom is -0.345 e. The fraction of sp³-hybridized carbons (Fsp3) is 0.444. The Bertz CT molecular complexity index is 304. The maximum Gasteiger partial charge on any atom is 0.0404 e. The minimum atomic E-state index is 1.12. The van der Waals surface area contributed by atoms with Gasteiger partial charge in [-0.05, 0) is 39.0 Å². The summed E-state index contributed by atoms with van der Waals surface area (Å²) in [6, 6.07) is 0. The van der Waals surface area contributed by atoms with E-state index in [0.717, 1.165) is 5.70 Å². The van der Waals surface area contributed by atoms with E-state index in [-0.39, 0.29) is 0 Å². The average Bonchev–Trinajstić information content (AvgIpc) is 2.48. The van der Waals surface area contributed by atoms with Crippen LogP contribution < -0.4 is 0 Å². The molecule has 1 heteroatoms. The van der Waals surface area contributed by atoms with E-state index in [9.17, 15) is 0 Å². The SMILES string of the molecule is C=C/C=C(\C=C/C)N(C)C(/C=C\C)=C/C.CC.CC. The summed E-state index contributed by atoms with van der Waals surface area (Å²) in [5, 5.41) is 0. The summed E-state index contributed by atoms with van der Waals surface area (Å²) >= 11 is 0. The highest BCUT2D eigenvalue weighted by atomic mass is 15.1. The fourth-order valence-corrected chi connectivity index (χ4v) is 1.29. The highest BCUT2D eigenvalue weighted by Gasteiger charge is 2.02. The monoisotopic (exact) mass is 263 g/mol. The molecule has 0 aromatic rings. The van der Waals surface area contributed by atoms with Gasteiger partial charge in [-0.2, -0.15) is 0 Å². The molecule has 0 N–H and O–H groups in total. The number of nitrogens with zero attached hydrogens (tertiary/aromatic N) is 1. The van der Waals surface area contributed by atoms with Crippen LogP contribution in [-0.4, -0.2) is 11.9 Å². The van der Waals surface area contributed by atoms with Crippen LogP contribution in [0.1, 0.15) is 48.5 Å². The molecular formula is C18H33N. The molecule has 0 bridgehead atoms. The Morgan fingerprint density at radius 3 is 1.58 bits per heavy atom. The number of rotatable bonds is 5. The molecule has 19 heavy (non-hydrogen) atoms. The molecule has 0 aliphatic carbocycles. The molecule has 0 aliphatic rings. The zero-order valence-electron chi connectivity index (χ0n) is 14.2. The van der Waals surface area contributed by atoms with Gasteiger partial charge in [0.15, 0.2) is 0 Å². The first-order valence-electron chi connectivity index (χ1n) is 7.19. The van der Waals surface area contributed by atoms with Crippen LogP contribution in [0.2, 0.25) is 0 Å². The molecular weight excluding hydrogens is 230 g/mol. The molecule has 0 radical (unpaired) electrons. The molecule has 0 fully saturated rings. The predicted octanol–water partition coefficient (Wildman–Crippen LogP) is 6.10. The molecule has 0 heterocycles. The fourth-order valence-electron chi connectivity index (χ4n) is 1.29. The van der Waals surface area contributed by atoms with E-state index in [1.54, 1.807) is 6.08 Å². The third-order valence-corrected chi connectivity index (χ3v) is 2.03. The summed E-state index contributed by atoms with van der Waals surface area (Å²) < 4.78 is 0. The highest BCUT2D eigenvalue weighted by molar-refractivity contribution is 5.29. The largest absolute Gasteiger partial charge is 0.345 e. The first-order valence-corrected chi connectivity index (χ1v) is 7.19. The molecule has 0 aliphatic heterocycles. The van der Waals surface area contributed by atoms with Crippen LogP contribution in [0.5, 0.6) is 0 Å². The lowest BCUT2D eigenvalue weighted by molar-refractivity contribution is 0.552. The predicted molar refractivity (Wildman–Crippen MR) is 92.1 cm³/mol. The number of hydrogen-bond donors (Lipinski definition) is 0. The van der Waals surface area contributed by atoms with Crippen molar-refractivity contribution in [1.82, 2.24) is 4.90 Å². The Morgan fingerprint density at radius 2 is 1.26 bits per heavy atom. The summed E-state index contributed by atoms with van der Waals surface area (Å²) in [7, 11) is 2.05. The molecule has 0 saturated heterocycles. The molecule has 0 spiro atoms. The molecule has 0 amide bonds. The first-order chi connectivity index (χ1) is 9.21. The quantitative estimate of drug-likeness (QED) is 0.542. The normalized spacial score (nSPS) is 11.6. The Morgan fingerprint density at radius 1 is 0.842 bits per heavy atom. The van der Waals surface area contributed by atoms with Crippen LogP contribution in [0.15, 0.2) is 60.5 Å². The molecule has 0 unspecified atom stereocenters. The van der Waals surface area contributed by atoms with E-state index in [2.05, 4.69) is 29.7 Å². The number of allylic oxidation sites excluding steroid dienone is 7. The topological polar surface area (TPSA) is 3.24 Å². The molecule has 1 nitrogen and oxygen atoms in total. The van der Waals surface area contributed by atoms with Gasteiger partial charge in [-0.3, -0.25) is 0 Å². The van der Waals surface area contributed by atoms with Gasteiger partial charge < -0.3 is 4.90 Å². The Hall–Kier alpha value is -1.50. The van der Waals surface area contributed by atoms with Crippen molar-refractivity contribution in [3.63, 3.8) is 0 Å². The summed E-state index contributed by atoms with van der Waals surface area (Å²) in [5.41, 5.74) is 2.29. The summed E-state index contributed by atoms with van der Waals surface area (Å²) in [6.45, 7) is 17.8. The summed E-state index contributed by atoms with van der Waals surface area (Å²) in [4.78, 5) is 2.13. The van der Waals surface area contributed by atoms with Crippen LogP contribution in [0.4, 0.5) is 0 Å². The van der Waals surface area contributed by atoms with Crippen molar-refractivity contribution in [2.45, 2.75) is 48.5 Å². The van der Waals surface area contributed by atoms with Crippen molar-refractivity contribution >= 4 is 0 Å². The van der Waals surface area contributed by atoms with Gasteiger partial charge in [-0.25, -0.2) is 0 Å². The standard InChI is InChI=1S/C14H21N.2C2H6/c1-6-10-13(9-4)15(5)14(11-7-2)12-8-3;2*1-2/h6-12H,2H2,1,3-5H3;2*1-2H3/b10-6-,12-8-,13-9+,14-11+;;. The van der Waals surface area contributed by atoms with Crippen LogP contribution in [0.3, 0.4) is 0 Å². The second-order valence-electron chi connectivity index (χ2n) is 3.10. The van der Waals surface area contributed by atoms with E-state index in [0.29, 0.717) is 0 Å². The molecule has 0 aromatic heterocycles. The van der Waals surface area contributed by atoms with E-state index in [1.165, 1.54) is 5.70 Å². The molecule has 0 atom stereocenters. The van der Waals surface area contributed by atoms with Crippen LogP contribution in [0, 0.1) is 0 Å². The third-order valence-electron chi connectivity index (χ3n) is 2.03. The van der Waals surface area contributed by atoms with Gasteiger partial charge in [0.05, 0.1) is 0 Å². The Kier molecular flexibility index (Phi) is 22.5. The van der Waals surface area contributed by atoms with Crippen molar-refractivity contribution in [2.24, 2.45) is 0 Å². The van der Waals surface area contributed by atoms with Crippen molar-refractivity contribution in [1.29, 1.82) is 0 Å². The zero-order chi connectivity index (χ0) is 15.7. The number of hydrogen-bond acceptors (Lipinski definition) is 1. The van der Waals surface area contributed by atoms with E-state index < -0.39 is 0 Å². The average molecular weight is 263 g/mol. The molecule has 110 valence electrons. The van der Waals surface area contributed by atoms with Gasteiger partial charge in [0.25, 0.3) is 0 Å². The lowest BCUT2D eigenvalue weighted by atomic mass is 10.2. The summed E-state index contributed by atoms with van der Waals surface area (Å²) in [6.07, 6.45) is 14.1. The molecule has 0 aromatic carbocycles. The van der Waals surface area contributed by atoms with Crippen molar-refractivity contribution < 1.29 is 0 Å². The second kappa shape index (κ2) is 18.9. The van der Waals surface area contributed by atoms with E-state index in [4.69, 9.17) is 0 Å². The Labute approximate surface area is 121 Å². The van der Waals surface area contributed by atoms with Crippen molar-refractivity contribution in [3.8, 4) is 0 Å². The van der Waals surface area contributed by atoms with Crippen LogP contribution >= 0.6 is 0 Å². The minimum absolute atomic E-state index is 1.12. The van der Waals surface area contributed by atoms with Crippen LogP contribution in [0.25, 0.3) is 0 Å². The van der Waals surface area contributed by atoms with Gasteiger partial charge >= 0.3 is 0 Å². The maximum absolute atomic E-state index is 3.72. The zero-order valence-corrected chi connectivity index (χ0v) is 14.2. The number of likely N-dealkylation sites (N-methyl/N-ethyl adjacent to an activating group) is 1. The molecule has 0 saturated carbocycles. The van der Waals surface area contributed by atoms with Crippen molar-refractivity contribution in [3.05, 3.63) is 60.5 Å². The van der Waals surface area contributed by atoms with E-state index >= 15 is 0 Å². The Balaban J connectivity index is -0.000000579. The summed E-state index contributed by atoms with van der Waals surface area (Å²) in [5.74, 6) is 0. The van der Waals surface area contributed by atoms with Gasteiger partial charge in [0.1, 0.15) is 0 Å². The smallest absolute Gasteiger partial charge is 0.0404 e. The van der Waals surface area contributed by atoms with Crippen LogP contribution in [-0.2, 0) is 0 Å². The van der Waals surface area contributed by atoms with Gasteiger partial charge in [0.2, 0.25) is 0 Å². The lowest BCUT2D eigenvalue weighted by Crippen LogP contribution is -2.14. The van der Waals surface area contributed by atoms with Gasteiger partial charge in [-0.1, -0.05) is 58.6 Å². The van der Waals surface area contributed by atoms with Crippen molar-refractivity contribution in [2.75, 3.05) is 7.05 Å². The lowest BCUT2D eigenvalue weighted by Gasteiger charge is -2.21. The maximum atomic E-state index is 3.72. The van der Waals surface area contributed by atoms with Gasteiger partial charge in [0, 0.05) is 18.4 Å².